The number of carbonyl (C=O) groups excluding carboxylic acids is 3. The molecule has 0 atom stereocenters. The monoisotopic (exact) mass is 490 g/mol. The summed E-state index contributed by atoms with van der Waals surface area (Å²) in [4.78, 5) is 36.1. The Morgan fingerprint density at radius 3 is 2.06 bits per heavy atom. The van der Waals surface area contributed by atoms with Gasteiger partial charge in [-0.15, -0.1) is 0 Å². The Bertz CT molecular complexity index is 1190. The summed E-state index contributed by atoms with van der Waals surface area (Å²) in [6.07, 6.45) is 0.484. The fourth-order valence-corrected chi connectivity index (χ4v) is 3.52. The minimum absolute atomic E-state index is 0.0376. The molecule has 36 heavy (non-hydrogen) atoms. The Morgan fingerprint density at radius 2 is 1.39 bits per heavy atom. The Kier molecular flexibility index (Phi) is 9.45. The maximum Gasteiger partial charge on any atom is 0.306 e. The Balaban J connectivity index is 1.35. The van der Waals surface area contributed by atoms with Crippen molar-refractivity contribution in [3.05, 3.63) is 77.9 Å². The highest BCUT2D eigenvalue weighted by molar-refractivity contribution is 5.93. The number of para-hydroxylation sites is 2. The third kappa shape index (κ3) is 8.47. The molecule has 0 saturated heterocycles. The highest BCUT2D eigenvalue weighted by atomic mass is 16.5. The largest absolute Gasteiger partial charge is 0.493 e. The molecular formula is C28H30N2O6. The van der Waals surface area contributed by atoms with E-state index in [0.29, 0.717) is 35.0 Å². The van der Waals surface area contributed by atoms with Crippen LogP contribution in [0.3, 0.4) is 0 Å². The predicted octanol–water partition coefficient (Wildman–Crippen LogP) is 5.40. The van der Waals surface area contributed by atoms with Crippen LogP contribution in [-0.2, 0) is 19.1 Å². The lowest BCUT2D eigenvalue weighted by atomic mass is 10.1. The molecule has 0 bridgehead atoms. The molecule has 0 aliphatic carbocycles. The number of anilines is 2. The topological polar surface area (TPSA) is 103 Å². The van der Waals surface area contributed by atoms with Crippen molar-refractivity contribution in [3.8, 4) is 17.2 Å². The van der Waals surface area contributed by atoms with E-state index < -0.39 is 11.9 Å². The van der Waals surface area contributed by atoms with Gasteiger partial charge in [0.2, 0.25) is 5.91 Å². The van der Waals surface area contributed by atoms with Crippen molar-refractivity contribution in [3.63, 3.8) is 0 Å². The van der Waals surface area contributed by atoms with Crippen LogP contribution in [0, 0.1) is 13.8 Å². The summed E-state index contributed by atoms with van der Waals surface area (Å²) in [5, 5.41) is 5.49. The summed E-state index contributed by atoms with van der Waals surface area (Å²) in [6, 6.07) is 19.9. The second-order valence-corrected chi connectivity index (χ2v) is 8.26. The number of aryl methyl sites for hydroxylation is 2. The standard InChI is InChI=1S/C28H30N2O6/c1-19-15-20(2)17-22(16-19)30-27(32)18-35-28(33)10-6-9-26(31)29-21-11-13-23(14-12-21)36-25-8-5-4-7-24(25)34-3/h4-5,7-8,11-17H,6,9-10,18H2,1-3H3,(H,29,31)(H,30,32). The molecule has 3 rings (SSSR count). The van der Waals surface area contributed by atoms with E-state index in [1.807, 2.05) is 44.2 Å². The minimum Gasteiger partial charge on any atom is -0.493 e. The van der Waals surface area contributed by atoms with Crippen LogP contribution in [0.5, 0.6) is 17.2 Å². The van der Waals surface area contributed by atoms with Gasteiger partial charge in [0, 0.05) is 24.2 Å². The van der Waals surface area contributed by atoms with Crippen LogP contribution in [-0.4, -0.2) is 31.5 Å². The number of ether oxygens (including phenoxy) is 3. The first-order valence-electron chi connectivity index (χ1n) is 11.6. The highest BCUT2D eigenvalue weighted by Gasteiger charge is 2.11. The molecular weight excluding hydrogens is 460 g/mol. The quantitative estimate of drug-likeness (QED) is 0.349. The van der Waals surface area contributed by atoms with Crippen LogP contribution in [0.2, 0.25) is 0 Å². The fourth-order valence-electron chi connectivity index (χ4n) is 3.52. The Hall–Kier alpha value is -4.33. The molecule has 2 amide bonds. The van der Waals surface area contributed by atoms with E-state index in [4.69, 9.17) is 14.2 Å². The van der Waals surface area contributed by atoms with Crippen LogP contribution >= 0.6 is 0 Å². The van der Waals surface area contributed by atoms with Crippen molar-refractivity contribution in [2.24, 2.45) is 0 Å². The third-order valence-corrected chi connectivity index (χ3v) is 5.09. The van der Waals surface area contributed by atoms with Gasteiger partial charge in [-0.25, -0.2) is 0 Å². The van der Waals surface area contributed by atoms with Crippen molar-refractivity contribution >= 4 is 29.2 Å². The van der Waals surface area contributed by atoms with Gasteiger partial charge < -0.3 is 24.8 Å². The summed E-state index contributed by atoms with van der Waals surface area (Å²) in [6.45, 7) is 3.50. The van der Waals surface area contributed by atoms with E-state index in [9.17, 15) is 14.4 Å². The normalized spacial score (nSPS) is 10.3. The van der Waals surface area contributed by atoms with Crippen LogP contribution in [0.4, 0.5) is 11.4 Å². The summed E-state index contributed by atoms with van der Waals surface area (Å²) < 4.78 is 16.1. The molecule has 8 nitrogen and oxygen atoms in total. The summed E-state index contributed by atoms with van der Waals surface area (Å²) in [5.74, 6) is 0.637. The maximum atomic E-state index is 12.2. The number of methoxy groups -OCH3 is 1. The zero-order valence-electron chi connectivity index (χ0n) is 20.6. The fraction of sp³-hybridized carbons (Fsp3) is 0.250. The van der Waals surface area contributed by atoms with Gasteiger partial charge in [0.1, 0.15) is 5.75 Å². The molecule has 188 valence electrons. The molecule has 0 saturated carbocycles. The Morgan fingerprint density at radius 1 is 0.750 bits per heavy atom. The second-order valence-electron chi connectivity index (χ2n) is 8.26. The lowest BCUT2D eigenvalue weighted by Crippen LogP contribution is -2.21. The molecule has 0 aromatic heterocycles. The molecule has 0 unspecified atom stereocenters. The van der Waals surface area contributed by atoms with Gasteiger partial charge in [-0.1, -0.05) is 18.2 Å². The van der Waals surface area contributed by atoms with E-state index in [1.54, 1.807) is 43.5 Å². The van der Waals surface area contributed by atoms with E-state index in [1.165, 1.54) is 0 Å². The van der Waals surface area contributed by atoms with Crippen molar-refractivity contribution in [1.29, 1.82) is 0 Å². The zero-order valence-corrected chi connectivity index (χ0v) is 20.6. The van der Waals surface area contributed by atoms with E-state index in [0.717, 1.165) is 11.1 Å². The molecule has 3 aromatic rings. The highest BCUT2D eigenvalue weighted by Crippen LogP contribution is 2.31. The van der Waals surface area contributed by atoms with Gasteiger partial charge in [-0.2, -0.15) is 0 Å². The number of hydrogen-bond donors (Lipinski definition) is 2. The number of nitrogens with one attached hydrogen (secondary N) is 2. The number of benzene rings is 3. The first-order valence-corrected chi connectivity index (χ1v) is 11.6. The molecule has 0 radical (unpaired) electrons. The third-order valence-electron chi connectivity index (χ3n) is 5.09. The zero-order chi connectivity index (χ0) is 25.9. The SMILES string of the molecule is COc1ccccc1Oc1ccc(NC(=O)CCCC(=O)OCC(=O)Nc2cc(C)cc(C)c2)cc1. The van der Waals surface area contributed by atoms with Crippen molar-refractivity contribution in [1.82, 2.24) is 0 Å². The first-order chi connectivity index (χ1) is 17.3. The number of carbonyl (C=O) groups is 3. The van der Waals surface area contributed by atoms with Gasteiger partial charge in [0.25, 0.3) is 5.91 Å². The van der Waals surface area contributed by atoms with E-state index >= 15 is 0 Å². The smallest absolute Gasteiger partial charge is 0.306 e. The first kappa shape index (κ1) is 26.3. The lowest BCUT2D eigenvalue weighted by molar-refractivity contribution is -0.147. The predicted molar refractivity (Wildman–Crippen MR) is 137 cm³/mol. The van der Waals surface area contributed by atoms with E-state index in [-0.39, 0.29) is 25.4 Å². The number of amides is 2. The van der Waals surface area contributed by atoms with Crippen LogP contribution in [0.1, 0.15) is 30.4 Å². The molecule has 8 heteroatoms. The molecule has 2 N–H and O–H groups in total. The van der Waals surface area contributed by atoms with Crippen molar-refractivity contribution in [2.75, 3.05) is 24.4 Å². The summed E-state index contributed by atoms with van der Waals surface area (Å²) in [5.41, 5.74) is 3.32. The summed E-state index contributed by atoms with van der Waals surface area (Å²) in [7, 11) is 1.57. The molecule has 0 aliphatic rings. The van der Waals surface area contributed by atoms with Gasteiger partial charge in [-0.3, -0.25) is 14.4 Å². The van der Waals surface area contributed by atoms with Gasteiger partial charge in [-0.05, 0) is 79.9 Å². The number of esters is 1. The average molecular weight is 491 g/mol. The molecule has 0 aliphatic heterocycles. The second kappa shape index (κ2) is 12.9. The maximum absolute atomic E-state index is 12.2. The summed E-state index contributed by atoms with van der Waals surface area (Å²) >= 11 is 0. The van der Waals surface area contributed by atoms with Gasteiger partial charge in [0.15, 0.2) is 18.1 Å². The molecule has 0 spiro atoms. The van der Waals surface area contributed by atoms with Crippen molar-refractivity contribution < 1.29 is 28.6 Å². The molecule has 0 heterocycles. The van der Waals surface area contributed by atoms with Gasteiger partial charge >= 0.3 is 5.97 Å². The Labute approximate surface area is 210 Å². The van der Waals surface area contributed by atoms with Crippen molar-refractivity contribution in [2.45, 2.75) is 33.1 Å². The van der Waals surface area contributed by atoms with Crippen LogP contribution in [0.25, 0.3) is 0 Å². The lowest BCUT2D eigenvalue weighted by Gasteiger charge is -2.11. The molecule has 0 fully saturated rings. The van der Waals surface area contributed by atoms with Crippen LogP contribution < -0.4 is 20.1 Å². The average Bonchev–Trinajstić information content (AvgIpc) is 2.83. The van der Waals surface area contributed by atoms with E-state index in [2.05, 4.69) is 10.6 Å². The number of rotatable bonds is 11. The number of hydrogen-bond acceptors (Lipinski definition) is 6. The van der Waals surface area contributed by atoms with Gasteiger partial charge in [0.05, 0.1) is 7.11 Å². The minimum atomic E-state index is -0.531. The van der Waals surface area contributed by atoms with Crippen LogP contribution in [0.15, 0.2) is 66.7 Å². The molecule has 3 aromatic carbocycles.